The Balaban J connectivity index is 1.72. The largest absolute Gasteiger partial charge is 0.397 e. The summed E-state index contributed by atoms with van der Waals surface area (Å²) >= 11 is 0. The summed E-state index contributed by atoms with van der Waals surface area (Å²) in [6, 6.07) is 16.1. The number of anilines is 1. The topological polar surface area (TPSA) is 48.0 Å². The lowest BCUT2D eigenvalue weighted by Crippen LogP contribution is -2.21. The highest BCUT2D eigenvalue weighted by Crippen LogP contribution is 2.30. The summed E-state index contributed by atoms with van der Waals surface area (Å²) < 4.78 is 1.72. The number of nitrogen functional groups attached to an aromatic ring is 1. The van der Waals surface area contributed by atoms with Gasteiger partial charge in [-0.3, -0.25) is 9.36 Å². The molecule has 3 aromatic rings. The molecule has 0 amide bonds. The van der Waals surface area contributed by atoms with Crippen molar-refractivity contribution in [3.63, 3.8) is 0 Å². The van der Waals surface area contributed by atoms with Gasteiger partial charge in [0.2, 0.25) is 5.91 Å². The van der Waals surface area contributed by atoms with Gasteiger partial charge in [0.1, 0.15) is 0 Å². The van der Waals surface area contributed by atoms with Crippen LogP contribution in [0.1, 0.15) is 15.9 Å². The fourth-order valence-electron chi connectivity index (χ4n) is 3.32. The van der Waals surface area contributed by atoms with E-state index < -0.39 is 0 Å². The molecule has 3 heteroatoms. The second kappa shape index (κ2) is 4.48. The molecule has 21 heavy (non-hydrogen) atoms. The van der Waals surface area contributed by atoms with Crippen LogP contribution >= 0.6 is 0 Å². The molecule has 4 rings (SSSR count). The van der Waals surface area contributed by atoms with E-state index in [-0.39, 0.29) is 11.8 Å². The van der Waals surface area contributed by atoms with Gasteiger partial charge in [-0.2, -0.15) is 0 Å². The first-order valence-corrected chi connectivity index (χ1v) is 7.20. The van der Waals surface area contributed by atoms with Crippen LogP contribution in [0.25, 0.3) is 10.9 Å². The average molecular weight is 276 g/mol. The Morgan fingerprint density at radius 3 is 2.33 bits per heavy atom. The average Bonchev–Trinajstić information content (AvgIpc) is 3.09. The van der Waals surface area contributed by atoms with Crippen molar-refractivity contribution in [3.8, 4) is 0 Å². The molecule has 0 saturated heterocycles. The Bertz CT molecular complexity index is 822. The maximum absolute atomic E-state index is 12.9. The molecule has 0 atom stereocenters. The molecule has 1 heterocycles. The standard InChI is InChI=1S/C18H16N2O/c19-16-11-20(17-8-4-3-7-15(16)17)18(21)14-9-12-5-1-2-6-13(12)10-14/h1-8,11,14H,9-10,19H2. The van der Waals surface area contributed by atoms with E-state index >= 15 is 0 Å². The van der Waals surface area contributed by atoms with Crippen LogP contribution in [0, 0.1) is 5.92 Å². The third-order valence-electron chi connectivity index (χ3n) is 4.38. The maximum Gasteiger partial charge on any atom is 0.234 e. The number of nitrogens with two attached hydrogens (primary N) is 1. The zero-order chi connectivity index (χ0) is 14.4. The molecule has 1 aliphatic rings. The molecule has 0 fully saturated rings. The Kier molecular flexibility index (Phi) is 2.61. The van der Waals surface area contributed by atoms with Gasteiger partial charge >= 0.3 is 0 Å². The molecule has 1 aliphatic carbocycles. The summed E-state index contributed by atoms with van der Waals surface area (Å²) in [6.07, 6.45) is 3.40. The molecular formula is C18H16N2O. The second-order valence-electron chi connectivity index (χ2n) is 5.68. The second-order valence-corrected chi connectivity index (χ2v) is 5.68. The van der Waals surface area contributed by atoms with Gasteiger partial charge in [-0.15, -0.1) is 0 Å². The minimum Gasteiger partial charge on any atom is -0.397 e. The van der Waals surface area contributed by atoms with Crippen LogP contribution in [-0.4, -0.2) is 10.5 Å². The van der Waals surface area contributed by atoms with E-state index in [0.717, 1.165) is 23.7 Å². The molecule has 0 spiro atoms. The molecule has 104 valence electrons. The lowest BCUT2D eigenvalue weighted by Gasteiger charge is -2.10. The van der Waals surface area contributed by atoms with E-state index in [0.29, 0.717) is 5.69 Å². The van der Waals surface area contributed by atoms with E-state index in [4.69, 9.17) is 5.73 Å². The van der Waals surface area contributed by atoms with Gasteiger partial charge in [-0.25, -0.2) is 0 Å². The fraction of sp³-hybridized carbons (Fsp3) is 0.167. The first-order valence-electron chi connectivity index (χ1n) is 7.20. The van der Waals surface area contributed by atoms with E-state index in [9.17, 15) is 4.79 Å². The fourth-order valence-corrected chi connectivity index (χ4v) is 3.32. The van der Waals surface area contributed by atoms with Gasteiger partial charge in [-0.1, -0.05) is 42.5 Å². The third-order valence-corrected chi connectivity index (χ3v) is 4.38. The van der Waals surface area contributed by atoms with E-state index in [1.54, 1.807) is 10.8 Å². The van der Waals surface area contributed by atoms with Crippen LogP contribution in [0.5, 0.6) is 0 Å². The summed E-state index contributed by atoms with van der Waals surface area (Å²) in [4.78, 5) is 12.9. The molecule has 2 aromatic carbocycles. The summed E-state index contributed by atoms with van der Waals surface area (Å²) in [6.45, 7) is 0. The predicted octanol–water partition coefficient (Wildman–Crippen LogP) is 3.28. The molecule has 0 unspecified atom stereocenters. The summed E-state index contributed by atoms with van der Waals surface area (Å²) in [5, 5.41) is 0.946. The zero-order valence-electron chi connectivity index (χ0n) is 11.6. The summed E-state index contributed by atoms with van der Waals surface area (Å²) in [7, 11) is 0. The van der Waals surface area contributed by atoms with Crippen LogP contribution in [0.15, 0.2) is 54.7 Å². The van der Waals surface area contributed by atoms with Gasteiger partial charge < -0.3 is 5.73 Å². The van der Waals surface area contributed by atoms with Crippen molar-refractivity contribution in [2.24, 2.45) is 5.92 Å². The monoisotopic (exact) mass is 276 g/mol. The van der Waals surface area contributed by atoms with Gasteiger partial charge in [0.05, 0.1) is 11.2 Å². The Morgan fingerprint density at radius 1 is 1.00 bits per heavy atom. The molecule has 0 bridgehead atoms. The third kappa shape index (κ3) is 1.85. The van der Waals surface area contributed by atoms with E-state index in [2.05, 4.69) is 12.1 Å². The summed E-state index contributed by atoms with van der Waals surface area (Å²) in [5.74, 6) is 0.150. The van der Waals surface area contributed by atoms with Crippen molar-refractivity contribution in [1.82, 2.24) is 4.57 Å². The highest BCUT2D eigenvalue weighted by Gasteiger charge is 2.28. The Morgan fingerprint density at radius 2 is 1.62 bits per heavy atom. The molecule has 2 N–H and O–H groups in total. The number of para-hydroxylation sites is 1. The molecule has 0 saturated carbocycles. The number of fused-ring (bicyclic) bond motifs is 2. The van der Waals surface area contributed by atoms with E-state index in [1.807, 2.05) is 36.4 Å². The lowest BCUT2D eigenvalue weighted by molar-refractivity contribution is 0.0845. The van der Waals surface area contributed by atoms with Gasteiger partial charge in [0.15, 0.2) is 0 Å². The highest BCUT2D eigenvalue weighted by molar-refractivity contribution is 6.00. The lowest BCUT2D eigenvalue weighted by atomic mass is 10.1. The number of hydrogen-bond donors (Lipinski definition) is 1. The minimum absolute atomic E-state index is 0.0117. The van der Waals surface area contributed by atoms with Crippen molar-refractivity contribution in [1.29, 1.82) is 0 Å². The predicted molar refractivity (Wildman–Crippen MR) is 84.3 cm³/mol. The quantitative estimate of drug-likeness (QED) is 0.741. The normalized spacial score (nSPS) is 14.5. The van der Waals surface area contributed by atoms with Crippen LogP contribution in [-0.2, 0) is 12.8 Å². The molecular weight excluding hydrogens is 260 g/mol. The van der Waals surface area contributed by atoms with Crippen LogP contribution in [0.4, 0.5) is 5.69 Å². The van der Waals surface area contributed by atoms with Gasteiger partial charge in [0.25, 0.3) is 0 Å². The van der Waals surface area contributed by atoms with Crippen molar-refractivity contribution in [2.45, 2.75) is 12.8 Å². The molecule has 3 nitrogen and oxygen atoms in total. The van der Waals surface area contributed by atoms with Crippen LogP contribution in [0.3, 0.4) is 0 Å². The Hall–Kier alpha value is -2.55. The SMILES string of the molecule is Nc1cn(C(=O)C2Cc3ccccc3C2)c2ccccc12. The maximum atomic E-state index is 12.9. The first-order chi connectivity index (χ1) is 10.2. The number of aromatic nitrogens is 1. The molecule has 1 aromatic heterocycles. The van der Waals surface area contributed by atoms with Crippen molar-refractivity contribution < 1.29 is 4.79 Å². The van der Waals surface area contributed by atoms with Crippen LogP contribution in [0.2, 0.25) is 0 Å². The number of benzene rings is 2. The van der Waals surface area contributed by atoms with Crippen molar-refractivity contribution in [2.75, 3.05) is 5.73 Å². The highest BCUT2D eigenvalue weighted by atomic mass is 16.2. The number of rotatable bonds is 1. The number of nitrogens with zero attached hydrogens (tertiary/aromatic N) is 1. The minimum atomic E-state index is 0.0117. The van der Waals surface area contributed by atoms with Crippen molar-refractivity contribution >= 4 is 22.5 Å². The zero-order valence-corrected chi connectivity index (χ0v) is 11.6. The van der Waals surface area contributed by atoms with Crippen molar-refractivity contribution in [3.05, 3.63) is 65.9 Å². The molecule has 0 aliphatic heterocycles. The van der Waals surface area contributed by atoms with Gasteiger partial charge in [0, 0.05) is 17.5 Å². The first kappa shape index (κ1) is 12.2. The number of carbonyl (C=O) groups excluding carboxylic acids is 1. The number of carbonyl (C=O) groups is 1. The Labute approximate surface area is 123 Å². The molecule has 0 radical (unpaired) electrons. The smallest absolute Gasteiger partial charge is 0.234 e. The van der Waals surface area contributed by atoms with E-state index in [1.165, 1.54) is 11.1 Å². The number of hydrogen-bond acceptors (Lipinski definition) is 2. The van der Waals surface area contributed by atoms with Gasteiger partial charge in [-0.05, 0) is 30.0 Å². The van der Waals surface area contributed by atoms with Crippen LogP contribution < -0.4 is 5.73 Å². The summed E-state index contributed by atoms with van der Waals surface area (Å²) in [5.41, 5.74) is 10.2.